The lowest BCUT2D eigenvalue weighted by molar-refractivity contribution is -0.171. The van der Waals surface area contributed by atoms with Gasteiger partial charge in [0.1, 0.15) is 60.5 Å². The summed E-state index contributed by atoms with van der Waals surface area (Å²) in [6.07, 6.45) is 7.28. The number of ketones is 3. The molecule has 13 rings (SSSR count). The number of carboxylic acids is 1. The molecule has 0 fully saturated rings. The number of aliphatic carboxylic acids is 1. The topological polar surface area (TPSA) is 288 Å². The quantitative estimate of drug-likeness (QED) is 0.0250. The van der Waals surface area contributed by atoms with Gasteiger partial charge in [-0.25, -0.2) is 39.3 Å². The molecular formula is C102H104Cl5N5O15. The monoisotopic (exact) mass is 1820 g/mol. The van der Waals surface area contributed by atoms with Crippen molar-refractivity contribution in [3.8, 4) is 17.2 Å². The van der Waals surface area contributed by atoms with Crippen molar-refractivity contribution in [1.29, 1.82) is 0 Å². The Kier molecular flexibility index (Phi) is 34.6. The lowest BCUT2D eigenvalue weighted by Gasteiger charge is -2.30. The molecule has 2 N–H and O–H groups in total. The average molecular weight is 1820 g/mol. The molecule has 127 heavy (non-hydrogen) atoms. The normalized spacial score (nSPS) is 11.7. The summed E-state index contributed by atoms with van der Waals surface area (Å²) in [5.74, 6) is -0.705. The van der Waals surface area contributed by atoms with Crippen LogP contribution in [-0.2, 0) is 23.9 Å². The number of fused-ring (bicyclic) bond motifs is 5. The Balaban J connectivity index is 0.000000218. The van der Waals surface area contributed by atoms with E-state index in [1.807, 2.05) is 235 Å². The lowest BCUT2D eigenvalue weighted by atomic mass is 10.0. The number of carbonyl (C=O) groups is 8. The highest BCUT2D eigenvalue weighted by Gasteiger charge is 2.38. The van der Waals surface area contributed by atoms with E-state index < -0.39 is 52.0 Å². The van der Waals surface area contributed by atoms with Gasteiger partial charge in [0.25, 0.3) is 0 Å². The molecule has 1 atom stereocenters. The van der Waals surface area contributed by atoms with E-state index in [1.54, 1.807) is 83.2 Å². The molecule has 13 aromatic rings. The molecule has 25 heteroatoms. The Morgan fingerprint density at radius 3 is 0.961 bits per heavy atom. The molecule has 662 valence electrons. The first-order chi connectivity index (χ1) is 60.0. The molecule has 0 amide bonds. The number of hydrogen-bond acceptors (Lipinski definition) is 19. The minimum Gasteiger partial charge on any atom is -0.478 e. The molecule has 0 spiro atoms. The molecule has 0 radical (unpaired) electrons. The molecule has 0 bridgehead atoms. The van der Waals surface area contributed by atoms with Gasteiger partial charge < -0.3 is 33.9 Å². The van der Waals surface area contributed by atoms with Crippen LogP contribution in [0.15, 0.2) is 200 Å². The molecule has 1 unspecified atom stereocenters. The van der Waals surface area contributed by atoms with E-state index in [4.69, 9.17) is 83.1 Å². The number of aryl methyl sites for hydroxylation is 6. The fourth-order valence-corrected chi connectivity index (χ4v) is 13.6. The van der Waals surface area contributed by atoms with Crippen LogP contribution >= 0.6 is 58.0 Å². The molecule has 8 aromatic carbocycles. The smallest absolute Gasteiger partial charge is 0.350 e. The molecule has 0 aliphatic carbocycles. The van der Waals surface area contributed by atoms with Crippen molar-refractivity contribution < 1.29 is 73.6 Å². The third kappa shape index (κ3) is 28.4. The van der Waals surface area contributed by atoms with Crippen LogP contribution in [-0.4, -0.2) is 111 Å². The number of allylic oxidation sites excluding steroid dienone is 2. The number of aromatic nitrogens is 5. The summed E-state index contributed by atoms with van der Waals surface area (Å²) in [7, 11) is 1.25. The standard InChI is InChI=1S/C28H30ClNO4.C24H22ClNO4.C17H24O4.C11H10ClNO.C11H8ClNO.C10H6ClNO.CH4/c1-17-14-19(15-18(2)24(17)33-28(6,7)26(32)34-27(3,4)5)12-13-23(31)21-16-20-10-8-9-11-22(20)30-25(21)29;1-14-11-16(12-15(2)21(14)30-24(3,4)23(28)29)9-10-20(27)18-13-17-7-5-6-8-19(17)26-22(18)25;1-11-8-13(10-18)9-12(2)14(11)20-17(6,7)15(19)21-16(3,4)5;2*1-7(14)9-6-8-4-2-3-5-10(8)13-11(9)12;11-10-8(6-13)5-7-3-1-2-4-9(7)12-10;/h8-16H,1-7H3;5-13H,1-4H3,(H,28,29);8-10H,1-7H3;2-7,14H,1H3;2-6H,1H3;1-6H;1H4/b13-12+;10-9+;;;;;/i;;;;;;1T. The second-order valence-electron chi connectivity index (χ2n) is 33.1. The molecule has 0 aliphatic rings. The molecule has 0 saturated heterocycles. The Hall–Kier alpha value is -12.1. The van der Waals surface area contributed by atoms with Gasteiger partial charge in [-0.2, -0.15) is 0 Å². The van der Waals surface area contributed by atoms with Crippen LogP contribution in [0.2, 0.25) is 25.8 Å². The van der Waals surface area contributed by atoms with Crippen LogP contribution in [0.25, 0.3) is 66.7 Å². The van der Waals surface area contributed by atoms with Crippen molar-refractivity contribution in [2.45, 2.75) is 180 Å². The number of Topliss-reactive ketones (excluding diaryl/α,β-unsaturated/α-hetero) is 1. The highest BCUT2D eigenvalue weighted by Crippen LogP contribution is 2.36. The molecular weight excluding hydrogens is 1710 g/mol. The maximum atomic E-state index is 12.8. The number of aliphatic hydroxyl groups excluding tert-OH is 1. The van der Waals surface area contributed by atoms with E-state index in [0.29, 0.717) is 62.1 Å². The third-order valence-corrected chi connectivity index (χ3v) is 20.2. The minimum atomic E-state index is -1.34. The van der Waals surface area contributed by atoms with Crippen molar-refractivity contribution in [2.24, 2.45) is 0 Å². The summed E-state index contributed by atoms with van der Waals surface area (Å²) in [5.41, 5.74) is 8.50. The van der Waals surface area contributed by atoms with Crippen LogP contribution in [0.4, 0.5) is 0 Å². The van der Waals surface area contributed by atoms with Crippen molar-refractivity contribution >= 4 is 173 Å². The first-order valence-corrected chi connectivity index (χ1v) is 41.8. The van der Waals surface area contributed by atoms with E-state index in [-0.39, 0.29) is 38.0 Å². The minimum absolute atomic E-state index is 0.0618. The number of rotatable bonds is 19. The summed E-state index contributed by atoms with van der Waals surface area (Å²) in [6.45, 7) is 35.0. The number of hydrogen-bond donors (Lipinski definition) is 2. The predicted molar refractivity (Wildman–Crippen MR) is 510 cm³/mol. The second kappa shape index (κ2) is 43.9. The summed E-state index contributed by atoms with van der Waals surface area (Å²) in [5, 5.41) is 24.5. The van der Waals surface area contributed by atoms with Crippen LogP contribution in [0.5, 0.6) is 17.2 Å². The highest BCUT2D eigenvalue weighted by atomic mass is 35.5. The van der Waals surface area contributed by atoms with E-state index in [0.717, 1.165) is 105 Å². The first kappa shape index (κ1) is 100. The van der Waals surface area contributed by atoms with Crippen molar-refractivity contribution in [3.05, 3.63) is 304 Å². The number of ether oxygens (including phenoxy) is 5. The summed E-state index contributed by atoms with van der Waals surface area (Å²) in [6, 6.07) is 57.6. The number of esters is 2. The molecule has 5 heterocycles. The summed E-state index contributed by atoms with van der Waals surface area (Å²) in [4.78, 5) is 115. The number of nitrogens with zero attached hydrogens (tertiary/aromatic N) is 5. The van der Waals surface area contributed by atoms with E-state index >= 15 is 0 Å². The summed E-state index contributed by atoms with van der Waals surface area (Å²) < 4.78 is 34.3. The van der Waals surface area contributed by atoms with E-state index in [9.17, 15) is 48.6 Å². The number of halogens is 5. The Labute approximate surface area is 767 Å². The number of para-hydroxylation sites is 5. The van der Waals surface area contributed by atoms with E-state index in [2.05, 4.69) is 24.9 Å². The van der Waals surface area contributed by atoms with Gasteiger partial charge in [-0.3, -0.25) is 24.0 Å². The Morgan fingerprint density at radius 2 is 0.661 bits per heavy atom. The second-order valence-corrected chi connectivity index (χ2v) is 34.9. The predicted octanol–water partition coefficient (Wildman–Crippen LogP) is 25.5. The van der Waals surface area contributed by atoms with Crippen LogP contribution in [0, 0.1) is 41.5 Å². The van der Waals surface area contributed by atoms with Gasteiger partial charge in [0.2, 0.25) is 0 Å². The Bertz CT molecular complexity index is 6300. The fraction of sp³-hybridized carbons (Fsp3) is 0.265. The number of aldehydes is 2. The van der Waals surface area contributed by atoms with Gasteiger partial charge in [-0.15, -0.1) is 0 Å². The molecule has 0 aliphatic heterocycles. The maximum absolute atomic E-state index is 12.8. The number of aliphatic hydroxyl groups is 1. The fourth-order valence-electron chi connectivity index (χ4n) is 12.4. The Morgan fingerprint density at radius 1 is 0.386 bits per heavy atom. The number of benzene rings is 8. The van der Waals surface area contributed by atoms with Gasteiger partial charge in [-0.1, -0.05) is 169 Å². The van der Waals surface area contributed by atoms with Crippen molar-refractivity contribution in [3.63, 3.8) is 0 Å². The molecule has 0 saturated carbocycles. The van der Waals surface area contributed by atoms with Gasteiger partial charge in [0.05, 0.1) is 55.9 Å². The zero-order chi connectivity index (χ0) is 95.3. The number of carboxylic acid groups (broad SMARTS) is 1. The molecule has 20 nitrogen and oxygen atoms in total. The lowest BCUT2D eigenvalue weighted by Crippen LogP contribution is -2.43. The van der Waals surface area contributed by atoms with Crippen LogP contribution < -0.4 is 14.2 Å². The SMILES string of the molecule is CC(=O)c1cc2ccccc2nc1Cl.CC(O)c1cc2ccccc2nc1Cl.Cc1cc(/C=C/C(=O)c2cc3ccccc3nc2Cl)cc(C)c1OC(C)(C)C(=O)O.Cc1cc(/C=C/C(=O)c2cc3ccccc3nc2Cl)cc(C)c1OC(C)(C)C(=O)OC(C)(C)C.Cc1cc(C=O)cc(C)c1OC(C)(C)C(=O)OC(C)(C)C.O=Cc1cc2ccccc2nc1Cl.[3H]C. The molecule has 5 aromatic heterocycles. The zero-order valence-electron chi connectivity index (χ0n) is 75.8. The average Bonchev–Trinajstić information content (AvgIpc) is 0.800. The zero-order valence-corrected chi connectivity index (χ0v) is 78.5. The summed E-state index contributed by atoms with van der Waals surface area (Å²) >= 11 is 30.0. The van der Waals surface area contributed by atoms with Gasteiger partial charge in [-0.05, 0) is 292 Å². The van der Waals surface area contributed by atoms with Gasteiger partial charge in [0.15, 0.2) is 40.4 Å². The largest absolute Gasteiger partial charge is 0.478 e. The van der Waals surface area contributed by atoms with Crippen LogP contribution in [0.3, 0.4) is 0 Å². The van der Waals surface area contributed by atoms with Gasteiger partial charge >= 0.3 is 17.9 Å². The maximum Gasteiger partial charge on any atom is 0.350 e. The van der Waals surface area contributed by atoms with E-state index in [1.165, 1.54) is 40.3 Å². The van der Waals surface area contributed by atoms with Crippen LogP contribution in [0.1, 0.15) is 214 Å². The van der Waals surface area contributed by atoms with Crippen molar-refractivity contribution in [2.75, 3.05) is 0 Å². The highest BCUT2D eigenvalue weighted by molar-refractivity contribution is 6.35. The third-order valence-electron chi connectivity index (χ3n) is 18.7. The van der Waals surface area contributed by atoms with Crippen molar-refractivity contribution in [1.82, 2.24) is 24.9 Å². The first-order valence-electron chi connectivity index (χ1n) is 40.9. The number of pyridine rings is 5. The number of carbonyl (C=O) groups excluding carboxylic acids is 7. The van der Waals surface area contributed by atoms with Gasteiger partial charge in [0, 0.05) is 39.4 Å².